The molecule has 0 aromatic heterocycles. The van der Waals surface area contributed by atoms with Crippen LogP contribution >= 0.6 is 0 Å². The van der Waals surface area contributed by atoms with E-state index in [1.54, 1.807) is 6.92 Å². The summed E-state index contributed by atoms with van der Waals surface area (Å²) in [6.45, 7) is 3.20. The molecule has 7 heteroatoms. The molecule has 0 saturated heterocycles. The number of phenolic OH excluding ortho intramolecular Hbond substituents is 1. The number of carbonyl (C=O) groups is 1. The fourth-order valence-electron chi connectivity index (χ4n) is 2.22. The van der Waals surface area contributed by atoms with Crippen LogP contribution in [0.4, 0.5) is 5.69 Å². The van der Waals surface area contributed by atoms with Crippen molar-refractivity contribution in [2.45, 2.75) is 32.5 Å². The van der Waals surface area contributed by atoms with Gasteiger partial charge >= 0.3 is 5.97 Å². The summed E-state index contributed by atoms with van der Waals surface area (Å²) < 4.78 is 10.7. The summed E-state index contributed by atoms with van der Waals surface area (Å²) >= 11 is 0. The van der Waals surface area contributed by atoms with Gasteiger partial charge in [-0.15, -0.1) is 4.91 Å². The first-order valence-electron chi connectivity index (χ1n) is 6.80. The number of aromatic hydroxyl groups is 1. The molecule has 0 aliphatic carbocycles. The van der Waals surface area contributed by atoms with Gasteiger partial charge in [0.1, 0.15) is 29.9 Å². The lowest BCUT2D eigenvalue weighted by Crippen LogP contribution is -2.31. The number of hydrogen-bond acceptors (Lipinski definition) is 7. The Kier molecular flexibility index (Phi) is 4.77. The van der Waals surface area contributed by atoms with Crippen LogP contribution in [0.25, 0.3) is 0 Å². The summed E-state index contributed by atoms with van der Waals surface area (Å²) in [6.07, 6.45) is 0.362. The van der Waals surface area contributed by atoms with E-state index < -0.39 is 18.2 Å². The van der Waals surface area contributed by atoms with E-state index in [2.05, 4.69) is 5.18 Å². The lowest BCUT2D eigenvalue weighted by atomic mass is 10.0. The van der Waals surface area contributed by atoms with E-state index in [4.69, 9.17) is 9.47 Å². The molecular weight excluding hydrogens is 290 g/mol. The minimum atomic E-state index is -0.741. The third-order valence-electron chi connectivity index (χ3n) is 3.22. The molecule has 1 heterocycles. The van der Waals surface area contributed by atoms with Gasteiger partial charge in [0.25, 0.3) is 0 Å². The van der Waals surface area contributed by atoms with Crippen molar-refractivity contribution in [2.24, 2.45) is 5.18 Å². The fraction of sp³-hybridized carbons (Fsp3) is 0.400. The molecular formula is C15H17NO6. The van der Waals surface area contributed by atoms with Gasteiger partial charge in [0.15, 0.2) is 0 Å². The Morgan fingerprint density at radius 3 is 2.91 bits per heavy atom. The molecule has 0 spiro atoms. The average molecular weight is 307 g/mol. The molecule has 22 heavy (non-hydrogen) atoms. The molecule has 7 nitrogen and oxygen atoms in total. The second kappa shape index (κ2) is 6.57. The summed E-state index contributed by atoms with van der Waals surface area (Å²) in [6, 6.07) is 2.66. The van der Waals surface area contributed by atoms with Crippen LogP contribution < -0.4 is 4.74 Å². The highest BCUT2D eigenvalue weighted by Crippen LogP contribution is 2.37. The van der Waals surface area contributed by atoms with Crippen molar-refractivity contribution >= 4 is 11.7 Å². The van der Waals surface area contributed by atoms with Gasteiger partial charge in [-0.1, -0.05) is 0 Å². The van der Waals surface area contributed by atoms with E-state index in [1.807, 2.05) is 0 Å². The van der Waals surface area contributed by atoms with E-state index in [9.17, 15) is 19.9 Å². The number of benzene rings is 1. The van der Waals surface area contributed by atoms with Gasteiger partial charge in [0.2, 0.25) is 0 Å². The summed E-state index contributed by atoms with van der Waals surface area (Å²) in [4.78, 5) is 22.4. The number of aliphatic hydroxyl groups excluding tert-OH is 1. The standard InChI is InChI=1S/C15H17NO6/c1-8(3-9(2)17)15(19)22-11-6-12-13(18)4-10(16-20)5-14(12)21-7-11/h3-5,9,11,17-18H,6-7H2,1-2H3/b8-3+. The molecule has 1 aliphatic heterocycles. The SMILES string of the molecule is C/C(=C\C(C)O)C(=O)OC1COc2cc(N=O)cc(O)c2C1. The van der Waals surface area contributed by atoms with Crippen molar-refractivity contribution in [2.75, 3.05) is 6.61 Å². The van der Waals surface area contributed by atoms with Crippen LogP contribution in [0.5, 0.6) is 11.5 Å². The van der Waals surface area contributed by atoms with E-state index in [0.717, 1.165) is 0 Å². The van der Waals surface area contributed by atoms with Crippen LogP contribution in [-0.2, 0) is 16.0 Å². The van der Waals surface area contributed by atoms with Gasteiger partial charge in [-0.3, -0.25) is 0 Å². The quantitative estimate of drug-likeness (QED) is 0.500. The number of fused-ring (bicyclic) bond motifs is 1. The Hall–Kier alpha value is -2.41. The van der Waals surface area contributed by atoms with Crippen molar-refractivity contribution in [3.8, 4) is 11.5 Å². The molecule has 0 fully saturated rings. The Balaban J connectivity index is 2.10. The number of hydrogen-bond donors (Lipinski definition) is 2. The highest BCUT2D eigenvalue weighted by atomic mass is 16.6. The fourth-order valence-corrected chi connectivity index (χ4v) is 2.22. The Morgan fingerprint density at radius 1 is 1.55 bits per heavy atom. The predicted octanol–water partition coefficient (Wildman–Crippen LogP) is 1.96. The minimum Gasteiger partial charge on any atom is -0.507 e. The third kappa shape index (κ3) is 3.62. The number of ether oxygens (including phenoxy) is 2. The van der Waals surface area contributed by atoms with Crippen LogP contribution in [0.3, 0.4) is 0 Å². The maximum absolute atomic E-state index is 11.9. The average Bonchev–Trinajstić information content (AvgIpc) is 2.46. The van der Waals surface area contributed by atoms with Crippen LogP contribution in [0.1, 0.15) is 19.4 Å². The maximum Gasteiger partial charge on any atom is 0.333 e. The van der Waals surface area contributed by atoms with Gasteiger partial charge in [-0.2, -0.15) is 0 Å². The van der Waals surface area contributed by atoms with Gasteiger partial charge in [0.05, 0.1) is 6.10 Å². The number of rotatable bonds is 4. The highest BCUT2D eigenvalue weighted by Gasteiger charge is 2.26. The second-order valence-electron chi connectivity index (χ2n) is 5.17. The van der Waals surface area contributed by atoms with Crippen LogP contribution in [0, 0.1) is 4.91 Å². The van der Waals surface area contributed by atoms with E-state index in [0.29, 0.717) is 16.9 Å². The van der Waals surface area contributed by atoms with Crippen LogP contribution in [-0.4, -0.2) is 35.0 Å². The zero-order valence-electron chi connectivity index (χ0n) is 12.3. The van der Waals surface area contributed by atoms with Crippen LogP contribution in [0.2, 0.25) is 0 Å². The molecule has 2 rings (SSSR count). The summed E-state index contributed by atoms with van der Waals surface area (Å²) in [7, 11) is 0. The van der Waals surface area contributed by atoms with Crippen molar-refractivity contribution in [1.82, 2.24) is 0 Å². The molecule has 2 N–H and O–H groups in total. The second-order valence-corrected chi connectivity index (χ2v) is 5.17. The van der Waals surface area contributed by atoms with Crippen molar-refractivity contribution in [3.05, 3.63) is 34.3 Å². The van der Waals surface area contributed by atoms with Gasteiger partial charge in [-0.25, -0.2) is 4.79 Å². The molecule has 2 atom stereocenters. The summed E-state index contributed by atoms with van der Waals surface area (Å²) in [5.74, 6) is -0.314. The Labute approximate surface area is 127 Å². The molecule has 1 aliphatic rings. The number of nitrogens with zero attached hydrogens (tertiary/aromatic N) is 1. The molecule has 1 aromatic carbocycles. The van der Waals surface area contributed by atoms with Gasteiger partial charge in [0, 0.05) is 29.7 Å². The first kappa shape index (κ1) is 16.0. The summed E-state index contributed by atoms with van der Waals surface area (Å²) in [5.41, 5.74) is 0.835. The van der Waals surface area contributed by atoms with E-state index in [-0.39, 0.29) is 24.5 Å². The van der Waals surface area contributed by atoms with Gasteiger partial charge < -0.3 is 19.7 Å². The first-order chi connectivity index (χ1) is 10.4. The molecule has 0 amide bonds. The van der Waals surface area contributed by atoms with Crippen molar-refractivity contribution < 1.29 is 24.5 Å². The number of esters is 1. The third-order valence-corrected chi connectivity index (χ3v) is 3.22. The lowest BCUT2D eigenvalue weighted by Gasteiger charge is -2.26. The predicted molar refractivity (Wildman–Crippen MR) is 78.1 cm³/mol. The first-order valence-corrected chi connectivity index (χ1v) is 6.80. The van der Waals surface area contributed by atoms with E-state index in [1.165, 1.54) is 25.1 Å². The lowest BCUT2D eigenvalue weighted by molar-refractivity contribution is -0.146. The molecule has 118 valence electrons. The number of carbonyl (C=O) groups excluding carboxylic acids is 1. The van der Waals surface area contributed by atoms with E-state index >= 15 is 0 Å². The van der Waals surface area contributed by atoms with Crippen LogP contribution in [0.15, 0.2) is 29.0 Å². The molecule has 2 unspecified atom stereocenters. The Bertz CT molecular complexity index is 623. The zero-order valence-corrected chi connectivity index (χ0v) is 12.3. The number of nitroso groups, excluding NO2 is 1. The number of aliphatic hydroxyl groups is 1. The van der Waals surface area contributed by atoms with Crippen molar-refractivity contribution in [1.29, 1.82) is 0 Å². The largest absolute Gasteiger partial charge is 0.507 e. The highest BCUT2D eigenvalue weighted by molar-refractivity contribution is 5.88. The zero-order chi connectivity index (χ0) is 16.3. The summed E-state index contributed by atoms with van der Waals surface area (Å²) in [5, 5.41) is 21.9. The monoisotopic (exact) mass is 307 g/mol. The maximum atomic E-state index is 11.9. The smallest absolute Gasteiger partial charge is 0.333 e. The minimum absolute atomic E-state index is 0.0717. The van der Waals surface area contributed by atoms with Gasteiger partial charge in [-0.05, 0) is 25.1 Å². The molecule has 0 radical (unpaired) electrons. The normalized spacial score (nSPS) is 18.9. The molecule has 0 saturated carbocycles. The number of phenols is 1. The molecule has 0 bridgehead atoms. The topological polar surface area (TPSA) is 105 Å². The molecule has 1 aromatic rings. The van der Waals surface area contributed by atoms with Crippen molar-refractivity contribution in [3.63, 3.8) is 0 Å². The Morgan fingerprint density at radius 2 is 2.27 bits per heavy atom.